The van der Waals surface area contributed by atoms with E-state index < -0.39 is 0 Å². The summed E-state index contributed by atoms with van der Waals surface area (Å²) in [5, 5.41) is 0. The van der Waals surface area contributed by atoms with Crippen molar-refractivity contribution < 1.29 is 0 Å². The molecule has 0 spiro atoms. The van der Waals surface area contributed by atoms with Gasteiger partial charge in [-0.2, -0.15) is 0 Å². The van der Waals surface area contributed by atoms with Gasteiger partial charge in [0.15, 0.2) is 0 Å². The molecule has 0 aliphatic carbocycles. The summed E-state index contributed by atoms with van der Waals surface area (Å²) in [6.45, 7) is 6.70. The molecule has 128 valence electrons. The average Bonchev–Trinajstić information content (AvgIpc) is 3.15. The molecule has 0 unspecified atom stereocenters. The summed E-state index contributed by atoms with van der Waals surface area (Å²) in [6, 6.07) is 25.5. The van der Waals surface area contributed by atoms with Crippen molar-refractivity contribution in [2.24, 2.45) is 0 Å². The predicted molar refractivity (Wildman–Crippen MR) is 109 cm³/mol. The second kappa shape index (κ2) is 5.21. The van der Waals surface area contributed by atoms with Gasteiger partial charge in [-0.3, -0.25) is 4.40 Å². The van der Waals surface area contributed by atoms with Gasteiger partial charge in [0.05, 0.1) is 22.1 Å². The highest BCUT2D eigenvalue weighted by molar-refractivity contribution is 5.98. The lowest BCUT2D eigenvalue weighted by Gasteiger charge is -2.22. The Morgan fingerprint density at radius 1 is 0.692 bits per heavy atom. The number of aromatic nitrogens is 3. The average molecular weight is 339 g/mol. The Morgan fingerprint density at radius 3 is 2.08 bits per heavy atom. The molecule has 2 heterocycles. The van der Waals surface area contributed by atoms with Crippen molar-refractivity contribution in [3.8, 4) is 11.1 Å². The molecule has 0 fully saturated rings. The first-order valence-electron chi connectivity index (χ1n) is 9.02. The maximum absolute atomic E-state index is 5.12. The molecule has 0 radical (unpaired) electrons. The molecule has 0 bridgehead atoms. The van der Waals surface area contributed by atoms with Crippen LogP contribution in [0.25, 0.3) is 39.0 Å². The van der Waals surface area contributed by atoms with Gasteiger partial charge in [0.2, 0.25) is 5.78 Å². The zero-order chi connectivity index (χ0) is 17.9. The monoisotopic (exact) mass is 339 g/mol. The van der Waals surface area contributed by atoms with E-state index >= 15 is 0 Å². The fourth-order valence-corrected chi connectivity index (χ4v) is 3.94. The minimum atomic E-state index is -0.0569. The van der Waals surface area contributed by atoms with E-state index in [4.69, 9.17) is 4.98 Å². The topological polar surface area (TPSA) is 22.2 Å². The van der Waals surface area contributed by atoms with Gasteiger partial charge in [-0.1, -0.05) is 54.6 Å². The van der Waals surface area contributed by atoms with Gasteiger partial charge < -0.3 is 4.57 Å². The molecular formula is C23H21N3. The molecule has 3 heteroatoms. The van der Waals surface area contributed by atoms with Gasteiger partial charge in [0.1, 0.15) is 0 Å². The van der Waals surface area contributed by atoms with Gasteiger partial charge in [0.25, 0.3) is 0 Å². The number of benzene rings is 3. The Kier molecular flexibility index (Phi) is 3.05. The highest BCUT2D eigenvalue weighted by Crippen LogP contribution is 2.34. The van der Waals surface area contributed by atoms with Crippen LogP contribution in [0.4, 0.5) is 0 Å². The lowest BCUT2D eigenvalue weighted by molar-refractivity contribution is 0.419. The van der Waals surface area contributed by atoms with E-state index in [0.29, 0.717) is 0 Å². The highest BCUT2D eigenvalue weighted by atomic mass is 15.2. The molecule has 5 rings (SSSR count). The van der Waals surface area contributed by atoms with Crippen molar-refractivity contribution in [3.05, 3.63) is 72.8 Å². The van der Waals surface area contributed by atoms with Gasteiger partial charge >= 0.3 is 0 Å². The second-order valence-corrected chi connectivity index (χ2v) is 7.78. The van der Waals surface area contributed by atoms with Crippen LogP contribution in [0, 0.1) is 0 Å². The zero-order valence-electron chi connectivity index (χ0n) is 15.3. The Morgan fingerprint density at radius 2 is 1.35 bits per heavy atom. The van der Waals surface area contributed by atoms with Crippen LogP contribution in [0.15, 0.2) is 72.8 Å². The third-order valence-corrected chi connectivity index (χ3v) is 4.99. The molecule has 26 heavy (non-hydrogen) atoms. The minimum Gasteiger partial charge on any atom is -0.304 e. The smallest absolute Gasteiger partial charge is 0.216 e. The molecule has 0 amide bonds. The van der Waals surface area contributed by atoms with Crippen LogP contribution in [-0.4, -0.2) is 14.0 Å². The molecule has 0 saturated heterocycles. The first-order chi connectivity index (χ1) is 12.6. The van der Waals surface area contributed by atoms with Crippen molar-refractivity contribution in [1.29, 1.82) is 0 Å². The van der Waals surface area contributed by atoms with Crippen LogP contribution in [0.1, 0.15) is 20.8 Å². The number of nitrogens with zero attached hydrogens (tertiary/aromatic N) is 3. The number of rotatable bonds is 1. The molecule has 0 aliphatic rings. The van der Waals surface area contributed by atoms with Gasteiger partial charge in [-0.25, -0.2) is 4.98 Å². The number of hydrogen-bond acceptors (Lipinski definition) is 1. The Labute approximate surface area is 152 Å². The van der Waals surface area contributed by atoms with Crippen molar-refractivity contribution >= 4 is 27.8 Å². The zero-order valence-corrected chi connectivity index (χ0v) is 15.3. The summed E-state index contributed by atoms with van der Waals surface area (Å²) in [4.78, 5) is 5.12. The Balaban J connectivity index is 1.98. The van der Waals surface area contributed by atoms with Crippen LogP contribution < -0.4 is 0 Å². The van der Waals surface area contributed by atoms with Crippen molar-refractivity contribution in [3.63, 3.8) is 0 Å². The van der Waals surface area contributed by atoms with E-state index in [9.17, 15) is 0 Å². The van der Waals surface area contributed by atoms with Crippen LogP contribution in [0.2, 0.25) is 0 Å². The highest BCUT2D eigenvalue weighted by Gasteiger charge is 2.24. The molecule has 3 aromatic carbocycles. The number of fused-ring (bicyclic) bond motifs is 5. The molecule has 2 aromatic heterocycles. The van der Waals surface area contributed by atoms with E-state index in [-0.39, 0.29) is 5.54 Å². The molecule has 0 saturated carbocycles. The van der Waals surface area contributed by atoms with Gasteiger partial charge in [-0.05, 0) is 44.5 Å². The van der Waals surface area contributed by atoms with Crippen LogP contribution in [-0.2, 0) is 5.54 Å². The summed E-state index contributed by atoms with van der Waals surface area (Å²) in [6.07, 6.45) is 0. The van der Waals surface area contributed by atoms with Crippen LogP contribution >= 0.6 is 0 Å². The molecule has 3 nitrogen and oxygen atoms in total. The fraction of sp³-hybridized carbons (Fsp3) is 0.174. The fourth-order valence-electron chi connectivity index (χ4n) is 3.94. The number of hydrogen-bond donors (Lipinski definition) is 0. The largest absolute Gasteiger partial charge is 0.304 e. The summed E-state index contributed by atoms with van der Waals surface area (Å²) < 4.78 is 4.64. The third-order valence-electron chi connectivity index (χ3n) is 4.99. The molecular weight excluding hydrogens is 318 g/mol. The van der Waals surface area contributed by atoms with E-state index in [2.05, 4.69) is 96.5 Å². The SMILES string of the molecule is CC(C)(C)n1c2ccccc2n2c3cccc(-c4ccccc4)c3nc12. The Hall–Kier alpha value is -3.07. The molecule has 0 aliphatic heterocycles. The standard InChI is InChI=1S/C23H21N3/c1-23(2,3)26-19-14-8-7-13-18(19)25-20-15-9-12-17(21(20)24-22(25)26)16-10-5-4-6-11-16/h4-15H,1-3H3. The van der Waals surface area contributed by atoms with E-state index in [1.54, 1.807) is 0 Å². The molecule has 0 N–H and O–H groups in total. The van der Waals surface area contributed by atoms with Gasteiger partial charge in [0, 0.05) is 11.1 Å². The number of imidazole rings is 2. The third kappa shape index (κ3) is 2.03. The van der Waals surface area contributed by atoms with E-state index in [1.165, 1.54) is 22.2 Å². The summed E-state index contributed by atoms with van der Waals surface area (Å²) in [5.74, 6) is 0.997. The summed E-state index contributed by atoms with van der Waals surface area (Å²) >= 11 is 0. The first-order valence-corrected chi connectivity index (χ1v) is 9.02. The molecule has 0 atom stereocenters. The Bertz CT molecular complexity index is 1250. The summed E-state index contributed by atoms with van der Waals surface area (Å²) in [7, 11) is 0. The van der Waals surface area contributed by atoms with Crippen molar-refractivity contribution in [2.75, 3.05) is 0 Å². The first kappa shape index (κ1) is 15.2. The summed E-state index contributed by atoms with van der Waals surface area (Å²) in [5.41, 5.74) is 6.94. The second-order valence-electron chi connectivity index (χ2n) is 7.78. The van der Waals surface area contributed by atoms with Crippen LogP contribution in [0.3, 0.4) is 0 Å². The molecule has 5 aromatic rings. The lowest BCUT2D eigenvalue weighted by Crippen LogP contribution is -2.21. The maximum atomic E-state index is 5.12. The van der Waals surface area contributed by atoms with Crippen molar-refractivity contribution in [1.82, 2.24) is 14.0 Å². The van der Waals surface area contributed by atoms with E-state index in [0.717, 1.165) is 16.8 Å². The minimum absolute atomic E-state index is 0.0569. The maximum Gasteiger partial charge on any atom is 0.216 e. The van der Waals surface area contributed by atoms with Crippen molar-refractivity contribution in [2.45, 2.75) is 26.3 Å². The quantitative estimate of drug-likeness (QED) is 0.375. The normalized spacial score (nSPS) is 12.4. The van der Waals surface area contributed by atoms with E-state index in [1.807, 2.05) is 6.07 Å². The van der Waals surface area contributed by atoms with Crippen LogP contribution in [0.5, 0.6) is 0 Å². The predicted octanol–water partition coefficient (Wildman–Crippen LogP) is 5.86. The van der Waals surface area contributed by atoms with Gasteiger partial charge in [-0.15, -0.1) is 0 Å². The lowest BCUT2D eigenvalue weighted by atomic mass is 10.0. The number of para-hydroxylation sites is 3.